The molecule has 22 heavy (non-hydrogen) atoms. The van der Waals surface area contributed by atoms with Crippen LogP contribution in [0.2, 0.25) is 0 Å². The summed E-state index contributed by atoms with van der Waals surface area (Å²) in [7, 11) is -3.37. The van der Waals surface area contributed by atoms with Gasteiger partial charge in [-0.3, -0.25) is 4.68 Å². The van der Waals surface area contributed by atoms with Crippen LogP contribution in [0.5, 0.6) is 0 Å². The molecular weight excluding hydrogens is 318 g/mol. The molecule has 0 unspecified atom stereocenters. The Hall–Kier alpha value is -1.70. The van der Waals surface area contributed by atoms with E-state index in [0.29, 0.717) is 23.7 Å². The van der Waals surface area contributed by atoms with E-state index < -0.39 is 10.0 Å². The van der Waals surface area contributed by atoms with E-state index in [-0.39, 0.29) is 0 Å². The van der Waals surface area contributed by atoms with Crippen LogP contribution in [0.3, 0.4) is 0 Å². The Bertz CT molecular complexity index is 867. The predicted octanol–water partition coefficient (Wildman–Crippen LogP) is 2.77. The molecule has 0 aliphatic rings. The molecule has 0 atom stereocenters. The van der Waals surface area contributed by atoms with Crippen LogP contribution in [0.1, 0.15) is 12.0 Å². The van der Waals surface area contributed by atoms with Crippen LogP contribution in [-0.4, -0.2) is 24.7 Å². The highest BCUT2D eigenvalue weighted by Gasteiger charge is 2.13. The van der Waals surface area contributed by atoms with E-state index in [0.717, 1.165) is 10.9 Å². The molecule has 1 N–H and O–H groups in total. The van der Waals surface area contributed by atoms with Gasteiger partial charge in [0.25, 0.3) is 0 Å². The highest BCUT2D eigenvalue weighted by atomic mass is 32.2. The van der Waals surface area contributed by atoms with Crippen molar-refractivity contribution in [2.75, 3.05) is 6.54 Å². The largest absolute Gasteiger partial charge is 0.265 e. The number of hydrogen-bond acceptors (Lipinski definition) is 4. The van der Waals surface area contributed by atoms with Crippen LogP contribution >= 0.6 is 11.3 Å². The molecule has 0 fully saturated rings. The van der Waals surface area contributed by atoms with E-state index in [1.54, 1.807) is 17.5 Å². The third-order valence-corrected chi connectivity index (χ3v) is 6.26. The van der Waals surface area contributed by atoms with Gasteiger partial charge in [-0.05, 0) is 36.4 Å². The van der Waals surface area contributed by atoms with Crippen molar-refractivity contribution in [2.45, 2.75) is 24.1 Å². The fourth-order valence-electron chi connectivity index (χ4n) is 2.28. The summed E-state index contributed by atoms with van der Waals surface area (Å²) in [6.45, 7) is 3.12. The van der Waals surface area contributed by atoms with Crippen LogP contribution in [0.25, 0.3) is 10.9 Å². The number of aryl methyl sites for hydroxylation is 2. The van der Waals surface area contributed by atoms with Gasteiger partial charge in [-0.25, -0.2) is 13.1 Å². The molecule has 0 bridgehead atoms. The third kappa shape index (κ3) is 3.21. The molecule has 0 aliphatic carbocycles. The number of rotatable bonds is 6. The fraction of sp³-hybridized carbons (Fsp3) is 0.267. The van der Waals surface area contributed by atoms with Crippen molar-refractivity contribution in [1.82, 2.24) is 14.5 Å². The number of nitrogens with zero attached hydrogens (tertiary/aromatic N) is 2. The normalized spacial score (nSPS) is 12.0. The number of thiophene rings is 1. The Kier molecular flexibility index (Phi) is 4.28. The molecule has 0 radical (unpaired) electrons. The quantitative estimate of drug-likeness (QED) is 0.705. The van der Waals surface area contributed by atoms with Crippen LogP contribution in [0, 0.1) is 6.92 Å². The molecule has 116 valence electrons. The molecule has 3 aromatic rings. The molecular formula is C15H17N3O2S2. The van der Waals surface area contributed by atoms with Crippen LogP contribution < -0.4 is 4.72 Å². The predicted molar refractivity (Wildman–Crippen MR) is 88.6 cm³/mol. The molecule has 5 nitrogen and oxygen atoms in total. The molecule has 7 heteroatoms. The van der Waals surface area contributed by atoms with Gasteiger partial charge in [-0.1, -0.05) is 18.2 Å². The number of hydrogen-bond donors (Lipinski definition) is 1. The Morgan fingerprint density at radius 3 is 2.95 bits per heavy atom. The monoisotopic (exact) mass is 335 g/mol. The summed E-state index contributed by atoms with van der Waals surface area (Å²) < 4.78 is 28.9. The van der Waals surface area contributed by atoms with Crippen molar-refractivity contribution >= 4 is 32.3 Å². The van der Waals surface area contributed by atoms with E-state index in [1.807, 2.05) is 23.9 Å². The summed E-state index contributed by atoms with van der Waals surface area (Å²) >= 11 is 1.22. The van der Waals surface area contributed by atoms with E-state index in [1.165, 1.54) is 16.9 Å². The molecule has 1 aromatic carbocycles. The molecule has 0 saturated heterocycles. The minimum atomic E-state index is -3.37. The second kappa shape index (κ2) is 6.20. The van der Waals surface area contributed by atoms with E-state index in [4.69, 9.17) is 0 Å². The van der Waals surface area contributed by atoms with Crippen molar-refractivity contribution in [1.29, 1.82) is 0 Å². The van der Waals surface area contributed by atoms with Crippen molar-refractivity contribution in [2.24, 2.45) is 0 Å². The first kappa shape index (κ1) is 15.2. The van der Waals surface area contributed by atoms with Gasteiger partial charge in [-0.15, -0.1) is 11.3 Å². The first-order valence-electron chi connectivity index (χ1n) is 7.02. The maximum absolute atomic E-state index is 12.0. The zero-order chi connectivity index (χ0) is 15.6. The number of sulfonamides is 1. The maximum Gasteiger partial charge on any atom is 0.250 e. The second-order valence-corrected chi connectivity index (χ2v) is 8.05. The van der Waals surface area contributed by atoms with Gasteiger partial charge in [0.2, 0.25) is 10.0 Å². The van der Waals surface area contributed by atoms with Crippen molar-refractivity contribution in [3.63, 3.8) is 0 Å². The summed E-state index contributed by atoms with van der Waals surface area (Å²) in [4.78, 5) is 0. The molecule has 2 heterocycles. The van der Waals surface area contributed by atoms with Gasteiger partial charge in [0.1, 0.15) is 4.21 Å². The zero-order valence-corrected chi connectivity index (χ0v) is 13.8. The van der Waals surface area contributed by atoms with Gasteiger partial charge >= 0.3 is 0 Å². The molecule has 3 rings (SSSR count). The van der Waals surface area contributed by atoms with Gasteiger partial charge < -0.3 is 0 Å². The van der Waals surface area contributed by atoms with Gasteiger partial charge in [0, 0.05) is 18.5 Å². The lowest BCUT2D eigenvalue weighted by Gasteiger charge is -2.06. The average molecular weight is 335 g/mol. The number of fused-ring (bicyclic) bond motifs is 1. The summed E-state index contributed by atoms with van der Waals surface area (Å²) in [5, 5.41) is 7.22. The lowest BCUT2D eigenvalue weighted by molar-refractivity contribution is 0.561. The highest BCUT2D eigenvalue weighted by molar-refractivity contribution is 7.91. The Balaban J connectivity index is 1.60. The summed E-state index contributed by atoms with van der Waals surface area (Å²) in [5.74, 6) is 0. The van der Waals surface area contributed by atoms with E-state index in [2.05, 4.69) is 22.0 Å². The maximum atomic E-state index is 12.0. The summed E-state index contributed by atoms with van der Waals surface area (Å²) in [6.07, 6.45) is 2.53. The Morgan fingerprint density at radius 2 is 2.18 bits per heavy atom. The number of benzene rings is 1. The third-order valence-electron chi connectivity index (χ3n) is 3.40. The summed E-state index contributed by atoms with van der Waals surface area (Å²) in [6, 6.07) is 9.55. The van der Waals surface area contributed by atoms with E-state index >= 15 is 0 Å². The van der Waals surface area contributed by atoms with E-state index in [9.17, 15) is 8.42 Å². The second-order valence-electron chi connectivity index (χ2n) is 5.11. The molecule has 2 aromatic heterocycles. The van der Waals surface area contributed by atoms with Crippen molar-refractivity contribution < 1.29 is 8.42 Å². The fourth-order valence-corrected chi connectivity index (χ4v) is 4.39. The minimum absolute atomic E-state index is 0.354. The number of aromatic nitrogens is 2. The Morgan fingerprint density at radius 1 is 1.32 bits per heavy atom. The lowest BCUT2D eigenvalue weighted by Crippen LogP contribution is -2.24. The van der Waals surface area contributed by atoms with Gasteiger partial charge in [0.05, 0.1) is 11.7 Å². The first-order valence-corrected chi connectivity index (χ1v) is 9.38. The summed E-state index contributed by atoms with van der Waals surface area (Å²) in [5.41, 5.74) is 2.27. The molecule has 0 aliphatic heterocycles. The molecule has 0 saturated carbocycles. The number of nitrogens with one attached hydrogen (secondary N) is 1. The minimum Gasteiger partial charge on any atom is -0.265 e. The average Bonchev–Trinajstić information content (AvgIpc) is 3.14. The molecule has 0 spiro atoms. The first-order chi connectivity index (χ1) is 10.6. The van der Waals surface area contributed by atoms with Gasteiger partial charge in [0.15, 0.2) is 0 Å². The van der Waals surface area contributed by atoms with Gasteiger partial charge in [-0.2, -0.15) is 5.10 Å². The smallest absolute Gasteiger partial charge is 0.250 e. The van der Waals surface area contributed by atoms with Crippen molar-refractivity contribution in [3.05, 3.63) is 47.5 Å². The Labute approximate surface area is 133 Å². The zero-order valence-electron chi connectivity index (χ0n) is 12.2. The SMILES string of the molecule is Cc1ccc2cnn(CCCNS(=O)(=O)c3cccs3)c2c1. The van der Waals surface area contributed by atoms with Crippen molar-refractivity contribution in [3.8, 4) is 0 Å². The standard InChI is InChI=1S/C15H17N3O2S2/c1-12-5-6-13-11-16-18(14(13)10-12)8-3-7-17-22(19,20)15-4-2-9-21-15/h2,4-6,9-11,17H,3,7-8H2,1H3. The lowest BCUT2D eigenvalue weighted by atomic mass is 10.2. The molecule has 0 amide bonds. The van der Waals surface area contributed by atoms with Crippen LogP contribution in [0.15, 0.2) is 46.1 Å². The topological polar surface area (TPSA) is 64.0 Å². The van der Waals surface area contributed by atoms with Crippen LogP contribution in [0.4, 0.5) is 0 Å². The van der Waals surface area contributed by atoms with Crippen LogP contribution in [-0.2, 0) is 16.6 Å². The highest BCUT2D eigenvalue weighted by Crippen LogP contribution is 2.16.